The first-order valence-corrected chi connectivity index (χ1v) is 5.27. The van der Waals surface area contributed by atoms with E-state index in [0.29, 0.717) is 11.4 Å². The van der Waals surface area contributed by atoms with Crippen LogP contribution in [0.1, 0.15) is 5.56 Å². The summed E-state index contributed by atoms with van der Waals surface area (Å²) >= 11 is 6.04. The molecule has 15 heavy (non-hydrogen) atoms. The molecule has 82 valence electrons. The first-order chi connectivity index (χ1) is 7.17. The molecule has 0 atom stereocenters. The number of rotatable bonds is 3. The van der Waals surface area contributed by atoms with Gasteiger partial charge in [0.2, 0.25) is 0 Å². The van der Waals surface area contributed by atoms with Crippen LogP contribution in [0.4, 0.5) is 0 Å². The first kappa shape index (κ1) is 10.7. The number of hydrogen-bond acceptors (Lipinski definition) is 3. The molecule has 1 aromatic rings. The summed E-state index contributed by atoms with van der Waals surface area (Å²) in [7, 11) is 1.69. The molecule has 2 N–H and O–H groups in total. The zero-order valence-corrected chi connectivity index (χ0v) is 9.34. The molecule has 4 heteroatoms. The molecule has 0 unspecified atom stereocenters. The molecule has 0 radical (unpaired) electrons. The fourth-order valence-electron chi connectivity index (χ4n) is 1.79. The Bertz CT molecular complexity index is 338. The van der Waals surface area contributed by atoms with Crippen molar-refractivity contribution in [2.45, 2.75) is 12.0 Å². The third-order valence-corrected chi connectivity index (χ3v) is 3.27. The van der Waals surface area contributed by atoms with E-state index in [4.69, 9.17) is 16.3 Å². The third-order valence-electron chi connectivity index (χ3n) is 2.92. The lowest BCUT2D eigenvalue weighted by molar-refractivity contribution is -0.0505. The summed E-state index contributed by atoms with van der Waals surface area (Å²) in [5, 5.41) is 13.5. The Morgan fingerprint density at radius 1 is 1.53 bits per heavy atom. The smallest absolute Gasteiger partial charge is 0.120 e. The summed E-state index contributed by atoms with van der Waals surface area (Å²) in [6.45, 7) is 1.60. The molecule has 0 aromatic heterocycles. The van der Waals surface area contributed by atoms with Crippen molar-refractivity contribution < 1.29 is 9.84 Å². The number of phenolic OH excluding ortho intramolecular Hbond substituents is 1. The fourth-order valence-corrected chi connectivity index (χ4v) is 2.03. The summed E-state index contributed by atoms with van der Waals surface area (Å²) in [5.74, 6) is 0.242. The lowest BCUT2D eigenvalue weighted by atomic mass is 9.88. The van der Waals surface area contributed by atoms with Crippen molar-refractivity contribution in [3.63, 3.8) is 0 Å². The molecule has 0 aliphatic carbocycles. The summed E-state index contributed by atoms with van der Waals surface area (Å²) in [6.07, 6.45) is 0.641. The lowest BCUT2D eigenvalue weighted by Crippen LogP contribution is -2.61. The van der Waals surface area contributed by atoms with Gasteiger partial charge in [0, 0.05) is 37.2 Å². The Hall–Kier alpha value is -0.770. The fraction of sp³-hybridized carbons (Fsp3) is 0.455. The summed E-state index contributed by atoms with van der Waals surface area (Å²) < 4.78 is 5.46. The maximum absolute atomic E-state index is 9.71. The van der Waals surface area contributed by atoms with Gasteiger partial charge in [-0.15, -0.1) is 0 Å². The Kier molecular flexibility index (Phi) is 2.87. The Morgan fingerprint density at radius 3 is 2.73 bits per heavy atom. The normalized spacial score (nSPS) is 18.5. The molecular formula is C11H14ClNO2. The molecule has 1 saturated heterocycles. The number of halogens is 1. The molecule has 1 aromatic carbocycles. The molecule has 0 saturated carbocycles. The zero-order valence-electron chi connectivity index (χ0n) is 8.59. The van der Waals surface area contributed by atoms with E-state index in [-0.39, 0.29) is 11.4 Å². The Balaban J connectivity index is 2.23. The summed E-state index contributed by atoms with van der Waals surface area (Å²) in [6, 6.07) is 5.17. The topological polar surface area (TPSA) is 41.5 Å². The lowest BCUT2D eigenvalue weighted by Gasteiger charge is -2.41. The molecule has 0 spiro atoms. The van der Waals surface area contributed by atoms with Crippen molar-refractivity contribution in [2.75, 3.05) is 20.2 Å². The molecular weight excluding hydrogens is 214 g/mol. The minimum Gasteiger partial charge on any atom is -0.508 e. The molecule has 1 aliphatic heterocycles. The molecule has 3 nitrogen and oxygen atoms in total. The SMILES string of the molecule is COC1(Cc2c(O)cccc2Cl)CNC1. The standard InChI is InChI=1S/C11H14ClNO2/c1-15-11(6-13-7-11)5-8-9(12)3-2-4-10(8)14/h2-4,13-14H,5-7H2,1H3. The third kappa shape index (κ3) is 1.95. The summed E-state index contributed by atoms with van der Waals surface area (Å²) in [4.78, 5) is 0. The van der Waals surface area contributed by atoms with Gasteiger partial charge >= 0.3 is 0 Å². The number of phenols is 1. The summed E-state index contributed by atoms with van der Waals surface area (Å²) in [5.41, 5.74) is 0.560. The van der Waals surface area contributed by atoms with Gasteiger partial charge in [-0.1, -0.05) is 17.7 Å². The van der Waals surface area contributed by atoms with Gasteiger partial charge in [0.1, 0.15) is 5.75 Å². The molecule has 1 aliphatic rings. The van der Waals surface area contributed by atoms with Crippen molar-refractivity contribution in [1.29, 1.82) is 0 Å². The van der Waals surface area contributed by atoms with Crippen molar-refractivity contribution in [3.8, 4) is 5.75 Å². The minimum atomic E-state index is -0.206. The van der Waals surface area contributed by atoms with Crippen molar-refractivity contribution in [3.05, 3.63) is 28.8 Å². The number of nitrogens with one attached hydrogen (secondary N) is 1. The van der Waals surface area contributed by atoms with Gasteiger partial charge in [-0.05, 0) is 12.1 Å². The van der Waals surface area contributed by atoms with Crippen molar-refractivity contribution in [2.24, 2.45) is 0 Å². The monoisotopic (exact) mass is 227 g/mol. The second-order valence-electron chi connectivity index (χ2n) is 3.90. The van der Waals surface area contributed by atoms with Crippen LogP contribution in [0.2, 0.25) is 5.02 Å². The maximum Gasteiger partial charge on any atom is 0.120 e. The van der Waals surface area contributed by atoms with Crippen LogP contribution in [0.5, 0.6) is 5.75 Å². The van der Waals surface area contributed by atoms with Gasteiger partial charge in [0.25, 0.3) is 0 Å². The first-order valence-electron chi connectivity index (χ1n) is 4.89. The average molecular weight is 228 g/mol. The van der Waals surface area contributed by atoms with Crippen LogP contribution in [-0.4, -0.2) is 30.9 Å². The number of hydrogen-bond donors (Lipinski definition) is 2. The second-order valence-corrected chi connectivity index (χ2v) is 4.31. The van der Waals surface area contributed by atoms with Crippen molar-refractivity contribution in [1.82, 2.24) is 5.32 Å². The van der Waals surface area contributed by atoms with Crippen LogP contribution in [-0.2, 0) is 11.2 Å². The number of ether oxygens (including phenoxy) is 1. The van der Waals surface area contributed by atoms with Crippen LogP contribution >= 0.6 is 11.6 Å². The molecule has 2 rings (SSSR count). The van der Waals surface area contributed by atoms with E-state index >= 15 is 0 Å². The highest BCUT2D eigenvalue weighted by atomic mass is 35.5. The van der Waals surface area contributed by atoms with Crippen molar-refractivity contribution >= 4 is 11.6 Å². The van der Waals surface area contributed by atoms with Crippen LogP contribution in [0.3, 0.4) is 0 Å². The van der Waals surface area contributed by atoms with E-state index in [1.165, 1.54) is 0 Å². The van der Waals surface area contributed by atoms with E-state index in [1.54, 1.807) is 25.3 Å². The van der Waals surface area contributed by atoms with Gasteiger partial charge in [-0.25, -0.2) is 0 Å². The minimum absolute atomic E-state index is 0.206. The van der Waals surface area contributed by atoms with E-state index in [0.717, 1.165) is 18.7 Å². The molecule has 0 amide bonds. The molecule has 0 bridgehead atoms. The van der Waals surface area contributed by atoms with Gasteiger partial charge in [0.15, 0.2) is 0 Å². The van der Waals surface area contributed by atoms with Gasteiger partial charge in [0.05, 0.1) is 5.60 Å². The van der Waals surface area contributed by atoms with Crippen LogP contribution in [0.25, 0.3) is 0 Å². The Labute approximate surface area is 94.0 Å². The predicted molar refractivity (Wildman–Crippen MR) is 59.4 cm³/mol. The van der Waals surface area contributed by atoms with E-state index in [9.17, 15) is 5.11 Å². The van der Waals surface area contributed by atoms with Crippen LogP contribution < -0.4 is 5.32 Å². The van der Waals surface area contributed by atoms with E-state index in [2.05, 4.69) is 5.32 Å². The van der Waals surface area contributed by atoms with E-state index < -0.39 is 0 Å². The van der Waals surface area contributed by atoms with E-state index in [1.807, 2.05) is 0 Å². The highest BCUT2D eigenvalue weighted by Crippen LogP contribution is 2.31. The predicted octanol–water partition coefficient (Wildman–Crippen LogP) is 1.58. The number of aromatic hydroxyl groups is 1. The zero-order chi connectivity index (χ0) is 10.9. The van der Waals surface area contributed by atoms with Gasteiger partial charge < -0.3 is 15.2 Å². The number of methoxy groups -OCH3 is 1. The van der Waals surface area contributed by atoms with Crippen LogP contribution in [0.15, 0.2) is 18.2 Å². The average Bonchev–Trinajstić information content (AvgIpc) is 2.15. The van der Waals surface area contributed by atoms with Gasteiger partial charge in [-0.2, -0.15) is 0 Å². The highest BCUT2D eigenvalue weighted by molar-refractivity contribution is 6.31. The quantitative estimate of drug-likeness (QED) is 0.824. The highest BCUT2D eigenvalue weighted by Gasteiger charge is 2.38. The molecule has 1 heterocycles. The molecule has 1 fully saturated rings. The Morgan fingerprint density at radius 2 is 2.27 bits per heavy atom. The number of benzene rings is 1. The second kappa shape index (κ2) is 4.00. The van der Waals surface area contributed by atoms with Crippen LogP contribution in [0, 0.1) is 0 Å². The maximum atomic E-state index is 9.71. The van der Waals surface area contributed by atoms with Gasteiger partial charge in [-0.3, -0.25) is 0 Å². The largest absolute Gasteiger partial charge is 0.508 e.